The molecule has 0 aromatic heterocycles. The molecule has 0 spiro atoms. The Morgan fingerprint density at radius 2 is 1.26 bits per heavy atom. The van der Waals surface area contributed by atoms with Crippen LogP contribution in [0.2, 0.25) is 0 Å². The molecule has 3 aromatic rings. The fourth-order valence-electron chi connectivity index (χ4n) is 3.66. The predicted octanol–water partition coefficient (Wildman–Crippen LogP) is 3.25. The van der Waals surface area contributed by atoms with Gasteiger partial charge in [0.15, 0.2) is 0 Å². The fourth-order valence-corrected chi connectivity index (χ4v) is 3.66. The van der Waals surface area contributed by atoms with Gasteiger partial charge in [-0.2, -0.15) is 0 Å². The first-order valence-corrected chi connectivity index (χ1v) is 8.03. The maximum atomic E-state index is 14.2. The molecule has 0 radical (unpaired) electrons. The van der Waals surface area contributed by atoms with E-state index in [1.807, 2.05) is 19.1 Å². The first-order valence-electron chi connectivity index (χ1n) is 8.03. The largest absolute Gasteiger partial charge is 0.242 e. The van der Waals surface area contributed by atoms with E-state index in [2.05, 4.69) is 50.2 Å². The van der Waals surface area contributed by atoms with Crippen molar-refractivity contribution in [1.29, 1.82) is 0 Å². The summed E-state index contributed by atoms with van der Waals surface area (Å²) < 4.78 is 14.2. The summed E-state index contributed by atoms with van der Waals surface area (Å²) in [5.41, 5.74) is 9.25. The lowest BCUT2D eigenvalue weighted by Gasteiger charge is -2.12. The van der Waals surface area contributed by atoms with E-state index in [-0.39, 0.29) is 12.5 Å². The smallest absolute Gasteiger partial charge is 0.207 e. The molecule has 0 bridgehead atoms. The van der Waals surface area contributed by atoms with Crippen molar-refractivity contribution in [2.24, 2.45) is 0 Å². The van der Waals surface area contributed by atoms with Crippen LogP contribution in [-0.2, 0) is 0 Å². The molecule has 23 heavy (non-hydrogen) atoms. The van der Waals surface area contributed by atoms with Gasteiger partial charge in [-0.1, -0.05) is 64.9 Å². The van der Waals surface area contributed by atoms with Gasteiger partial charge < -0.3 is 0 Å². The minimum absolute atomic E-state index is 0.123. The lowest BCUT2D eigenvalue weighted by molar-refractivity contribution is 0.619. The molecule has 3 aromatic carbocycles. The molecule has 0 saturated carbocycles. The molecule has 0 N–H and O–H groups in total. The van der Waals surface area contributed by atoms with Crippen LogP contribution in [0.25, 0.3) is 11.1 Å². The van der Waals surface area contributed by atoms with Crippen LogP contribution >= 0.6 is 0 Å². The van der Waals surface area contributed by atoms with Gasteiger partial charge in [-0.3, -0.25) is 0 Å². The van der Waals surface area contributed by atoms with Crippen LogP contribution in [0.5, 0.6) is 0 Å². The van der Waals surface area contributed by atoms with Crippen LogP contribution in [0.15, 0.2) is 54.6 Å². The molecule has 0 amide bonds. The molecule has 1 aliphatic heterocycles. The van der Waals surface area contributed by atoms with Gasteiger partial charge in [0.2, 0.25) is 6.71 Å². The Hall–Kier alpha value is -2.35. The molecule has 0 atom stereocenters. The van der Waals surface area contributed by atoms with Crippen LogP contribution in [0.4, 0.5) is 4.39 Å². The second-order valence-electron chi connectivity index (χ2n) is 6.56. The Morgan fingerprint density at radius 1 is 0.696 bits per heavy atom. The molecule has 0 unspecified atom stereocenters. The third kappa shape index (κ3) is 2.13. The SMILES string of the molecule is Cc1cc2c(cc1C)-c1cc(F)c(C)cc1B2c1ccccc1. The zero-order valence-electron chi connectivity index (χ0n) is 13.7. The summed E-state index contributed by atoms with van der Waals surface area (Å²) >= 11 is 0. The minimum Gasteiger partial charge on any atom is -0.207 e. The van der Waals surface area contributed by atoms with Gasteiger partial charge >= 0.3 is 0 Å². The molecular formula is C21H18BF. The number of benzene rings is 3. The topological polar surface area (TPSA) is 0 Å². The fraction of sp³-hybridized carbons (Fsp3) is 0.143. The molecule has 4 rings (SSSR count). The zero-order chi connectivity index (χ0) is 16.1. The molecule has 2 heteroatoms. The van der Waals surface area contributed by atoms with Crippen molar-refractivity contribution in [3.8, 4) is 11.1 Å². The van der Waals surface area contributed by atoms with Gasteiger partial charge in [0.1, 0.15) is 5.82 Å². The zero-order valence-corrected chi connectivity index (χ0v) is 13.7. The highest BCUT2D eigenvalue weighted by Gasteiger charge is 2.34. The van der Waals surface area contributed by atoms with E-state index in [1.165, 1.54) is 33.1 Å². The standard InChI is InChI=1S/C21H18BF/c1-13-9-17-18-12-21(23)15(3)11-20(18)22(19(17)10-14(13)2)16-7-5-4-6-8-16/h4-12H,1-3H3. The third-order valence-corrected chi connectivity index (χ3v) is 5.04. The monoisotopic (exact) mass is 300 g/mol. The summed E-state index contributed by atoms with van der Waals surface area (Å²) in [4.78, 5) is 0. The van der Waals surface area contributed by atoms with E-state index in [0.717, 1.165) is 5.56 Å². The van der Waals surface area contributed by atoms with E-state index in [1.54, 1.807) is 6.07 Å². The second kappa shape index (κ2) is 5.09. The number of aryl methyl sites for hydroxylation is 3. The van der Waals surface area contributed by atoms with E-state index in [4.69, 9.17) is 0 Å². The highest BCUT2D eigenvalue weighted by atomic mass is 19.1. The third-order valence-electron chi connectivity index (χ3n) is 5.04. The predicted molar refractivity (Wildman–Crippen MR) is 97.1 cm³/mol. The van der Waals surface area contributed by atoms with Crippen molar-refractivity contribution >= 4 is 23.1 Å². The summed E-state index contributed by atoms with van der Waals surface area (Å²) in [6, 6.07) is 18.7. The van der Waals surface area contributed by atoms with Crippen molar-refractivity contribution in [3.05, 3.63) is 77.1 Å². The van der Waals surface area contributed by atoms with Gasteiger partial charge in [0, 0.05) is 0 Å². The summed E-state index contributed by atoms with van der Waals surface area (Å²) in [5, 5.41) is 0. The molecule has 0 nitrogen and oxygen atoms in total. The number of hydrogen-bond acceptors (Lipinski definition) is 0. The van der Waals surface area contributed by atoms with Crippen molar-refractivity contribution in [2.75, 3.05) is 0 Å². The Bertz CT molecular complexity index is 855. The molecule has 0 saturated heterocycles. The number of halogens is 1. The lowest BCUT2D eigenvalue weighted by atomic mass is 9.39. The Morgan fingerprint density at radius 3 is 1.96 bits per heavy atom. The van der Waals surface area contributed by atoms with E-state index < -0.39 is 0 Å². The van der Waals surface area contributed by atoms with Crippen LogP contribution in [0.3, 0.4) is 0 Å². The van der Waals surface area contributed by atoms with Crippen LogP contribution in [0.1, 0.15) is 16.7 Å². The molecular weight excluding hydrogens is 282 g/mol. The first-order chi connectivity index (χ1) is 11.1. The van der Waals surface area contributed by atoms with Crippen LogP contribution < -0.4 is 16.4 Å². The maximum absolute atomic E-state index is 14.2. The first kappa shape index (κ1) is 14.3. The summed E-state index contributed by atoms with van der Waals surface area (Å²) in [6.07, 6.45) is 0. The number of fused-ring (bicyclic) bond motifs is 3. The van der Waals surface area contributed by atoms with Crippen molar-refractivity contribution in [1.82, 2.24) is 0 Å². The van der Waals surface area contributed by atoms with E-state index in [9.17, 15) is 4.39 Å². The van der Waals surface area contributed by atoms with Gasteiger partial charge in [-0.15, -0.1) is 0 Å². The van der Waals surface area contributed by atoms with Gasteiger partial charge in [0.05, 0.1) is 0 Å². The maximum Gasteiger partial charge on any atom is 0.242 e. The molecule has 1 heterocycles. The Labute approximate surface area is 137 Å². The molecule has 1 aliphatic rings. The van der Waals surface area contributed by atoms with Crippen molar-refractivity contribution in [2.45, 2.75) is 20.8 Å². The number of hydrogen-bond donors (Lipinski definition) is 0. The lowest BCUT2D eigenvalue weighted by Crippen LogP contribution is -2.49. The van der Waals surface area contributed by atoms with Crippen molar-refractivity contribution in [3.63, 3.8) is 0 Å². The minimum atomic E-state index is -0.123. The highest BCUT2D eigenvalue weighted by molar-refractivity contribution is 6.99. The van der Waals surface area contributed by atoms with Gasteiger partial charge in [-0.25, -0.2) is 4.39 Å². The van der Waals surface area contributed by atoms with E-state index in [0.29, 0.717) is 5.56 Å². The van der Waals surface area contributed by atoms with Gasteiger partial charge in [-0.05, 0) is 54.7 Å². The summed E-state index contributed by atoms with van der Waals surface area (Å²) in [5.74, 6) is -0.123. The van der Waals surface area contributed by atoms with Crippen LogP contribution in [-0.4, -0.2) is 6.71 Å². The van der Waals surface area contributed by atoms with Crippen LogP contribution in [0, 0.1) is 26.6 Å². The Balaban J connectivity index is 2.05. The molecule has 0 aliphatic carbocycles. The van der Waals surface area contributed by atoms with Crippen molar-refractivity contribution < 1.29 is 4.39 Å². The molecule has 112 valence electrons. The summed E-state index contributed by atoms with van der Waals surface area (Å²) in [7, 11) is 0. The second-order valence-corrected chi connectivity index (χ2v) is 6.56. The normalized spacial score (nSPS) is 12.3. The Kier molecular flexibility index (Phi) is 3.16. The van der Waals surface area contributed by atoms with E-state index >= 15 is 0 Å². The average Bonchev–Trinajstić information content (AvgIpc) is 2.82. The molecule has 0 fully saturated rings. The van der Waals surface area contributed by atoms with Gasteiger partial charge in [0.25, 0.3) is 0 Å². The highest BCUT2D eigenvalue weighted by Crippen LogP contribution is 2.27. The summed E-state index contributed by atoms with van der Waals surface area (Å²) in [6.45, 7) is 6.30. The average molecular weight is 300 g/mol. The quantitative estimate of drug-likeness (QED) is 0.473. The number of rotatable bonds is 1.